The third-order valence-electron chi connectivity index (χ3n) is 5.85. The van der Waals surface area contributed by atoms with Crippen molar-refractivity contribution in [2.45, 2.75) is 19.9 Å². The Labute approximate surface area is 200 Å². The molecule has 8 nitrogen and oxygen atoms in total. The minimum absolute atomic E-state index is 0.317. The number of pyridine rings is 1. The third-order valence-corrected chi connectivity index (χ3v) is 5.95. The summed E-state index contributed by atoms with van der Waals surface area (Å²) in [6, 6.07) is 13.0. The van der Waals surface area contributed by atoms with E-state index in [1.54, 1.807) is 24.7 Å². The molecule has 1 aromatic carbocycles. The molecule has 0 aliphatic carbocycles. The maximum absolute atomic E-state index is 13.4. The van der Waals surface area contributed by atoms with Gasteiger partial charge in [0.25, 0.3) is 5.91 Å². The van der Waals surface area contributed by atoms with Gasteiger partial charge < -0.3 is 0 Å². The number of benzene rings is 1. The Bertz CT molecular complexity index is 1590. The van der Waals surface area contributed by atoms with Gasteiger partial charge in [-0.2, -0.15) is 5.10 Å². The highest BCUT2D eigenvalue weighted by atomic mass is 35.5. The standard InChI is InChI=1S/C25H20ClN7O/c1-16(33(27)25(34)21-14-30-31-12-6-11-28-24(21)31)20-13-19(9-10-26)22-15-29-17(2)32(22)23(20)18-7-4-3-5-8-18/h3-8,11-16H,27H2,1-2H3. The number of fused-ring (bicyclic) bond motifs is 2. The molecule has 168 valence electrons. The number of halogens is 1. The van der Waals surface area contributed by atoms with Gasteiger partial charge in [0.05, 0.1) is 35.2 Å². The molecule has 0 aliphatic rings. The van der Waals surface area contributed by atoms with E-state index in [0.717, 1.165) is 28.2 Å². The Kier molecular flexibility index (Phi) is 5.49. The molecular formula is C25H20ClN7O. The molecule has 4 aromatic heterocycles. The van der Waals surface area contributed by atoms with Gasteiger partial charge in [0, 0.05) is 23.3 Å². The molecule has 5 rings (SSSR count). The molecule has 0 bridgehead atoms. The molecule has 0 saturated carbocycles. The van der Waals surface area contributed by atoms with Crippen LogP contribution in [0.1, 0.15) is 40.3 Å². The van der Waals surface area contributed by atoms with Crippen LogP contribution in [0.5, 0.6) is 0 Å². The van der Waals surface area contributed by atoms with E-state index >= 15 is 0 Å². The summed E-state index contributed by atoms with van der Waals surface area (Å²) < 4.78 is 3.56. The maximum Gasteiger partial charge on any atom is 0.273 e. The smallest absolute Gasteiger partial charge is 0.273 e. The Morgan fingerprint density at radius 3 is 2.74 bits per heavy atom. The Balaban J connectivity index is 1.69. The van der Waals surface area contributed by atoms with Crippen molar-refractivity contribution >= 4 is 28.7 Å². The van der Waals surface area contributed by atoms with Crippen LogP contribution in [0.4, 0.5) is 0 Å². The first kappa shape index (κ1) is 21.6. The molecular weight excluding hydrogens is 450 g/mol. The highest BCUT2D eigenvalue weighted by Crippen LogP contribution is 2.34. The number of carbonyl (C=O) groups excluding carboxylic acids is 1. The lowest BCUT2D eigenvalue weighted by Crippen LogP contribution is -2.40. The van der Waals surface area contributed by atoms with E-state index in [9.17, 15) is 4.79 Å². The van der Waals surface area contributed by atoms with E-state index in [0.29, 0.717) is 16.8 Å². The lowest BCUT2D eigenvalue weighted by molar-refractivity contribution is 0.0692. The van der Waals surface area contributed by atoms with Crippen molar-refractivity contribution in [3.8, 4) is 22.6 Å². The van der Waals surface area contributed by atoms with Gasteiger partial charge in [-0.15, -0.1) is 0 Å². The molecule has 0 saturated heterocycles. The van der Waals surface area contributed by atoms with Crippen LogP contribution in [0.2, 0.25) is 0 Å². The normalized spacial score (nSPS) is 11.9. The molecule has 1 amide bonds. The van der Waals surface area contributed by atoms with Gasteiger partial charge >= 0.3 is 0 Å². The highest BCUT2D eigenvalue weighted by molar-refractivity contribution is 6.30. The average molecular weight is 470 g/mol. The third kappa shape index (κ3) is 3.48. The summed E-state index contributed by atoms with van der Waals surface area (Å²) in [6.07, 6.45) is 6.58. The fraction of sp³-hybridized carbons (Fsp3) is 0.120. The van der Waals surface area contributed by atoms with Gasteiger partial charge in [-0.1, -0.05) is 30.3 Å². The Morgan fingerprint density at radius 1 is 1.18 bits per heavy atom. The summed E-state index contributed by atoms with van der Waals surface area (Å²) in [4.78, 5) is 22.2. The average Bonchev–Trinajstić information content (AvgIpc) is 3.47. The van der Waals surface area contributed by atoms with Crippen LogP contribution in [0.3, 0.4) is 0 Å². The molecule has 34 heavy (non-hydrogen) atoms. The molecule has 0 spiro atoms. The fourth-order valence-corrected chi connectivity index (χ4v) is 4.25. The lowest BCUT2D eigenvalue weighted by Gasteiger charge is -2.27. The number of carbonyl (C=O) groups is 1. The first-order valence-electron chi connectivity index (χ1n) is 10.6. The number of nitrogens with two attached hydrogens (primary N) is 1. The van der Waals surface area contributed by atoms with Gasteiger partial charge in [0.2, 0.25) is 0 Å². The van der Waals surface area contributed by atoms with Crippen LogP contribution in [-0.4, -0.2) is 34.9 Å². The fourth-order valence-electron chi connectivity index (χ4n) is 4.15. The predicted molar refractivity (Wildman–Crippen MR) is 130 cm³/mol. The molecule has 1 atom stereocenters. The first-order chi connectivity index (χ1) is 16.5. The van der Waals surface area contributed by atoms with Gasteiger partial charge in [-0.05, 0) is 49.1 Å². The summed E-state index contributed by atoms with van der Waals surface area (Å²) in [6.45, 7) is 3.79. The predicted octanol–water partition coefficient (Wildman–Crippen LogP) is 3.98. The largest absolute Gasteiger partial charge is 0.295 e. The van der Waals surface area contributed by atoms with Crippen molar-refractivity contribution < 1.29 is 4.79 Å². The van der Waals surface area contributed by atoms with Crippen molar-refractivity contribution in [2.24, 2.45) is 5.84 Å². The summed E-state index contributed by atoms with van der Waals surface area (Å²) in [5, 5.41) is 7.86. The second-order valence-corrected chi connectivity index (χ2v) is 8.00. The molecule has 0 aliphatic heterocycles. The van der Waals surface area contributed by atoms with E-state index in [2.05, 4.69) is 26.4 Å². The second-order valence-electron chi connectivity index (χ2n) is 7.81. The zero-order valence-corrected chi connectivity index (χ0v) is 19.2. The van der Waals surface area contributed by atoms with E-state index in [1.165, 1.54) is 15.7 Å². The molecule has 1 unspecified atom stereocenters. The van der Waals surface area contributed by atoms with Crippen molar-refractivity contribution in [3.63, 3.8) is 0 Å². The van der Waals surface area contributed by atoms with Crippen LogP contribution in [-0.2, 0) is 0 Å². The second kappa shape index (κ2) is 8.63. The first-order valence-corrected chi connectivity index (χ1v) is 10.9. The zero-order valence-electron chi connectivity index (χ0n) is 18.5. The summed E-state index contributed by atoms with van der Waals surface area (Å²) in [5.74, 6) is 9.76. The van der Waals surface area contributed by atoms with Crippen molar-refractivity contribution in [3.05, 3.63) is 89.8 Å². The zero-order chi connectivity index (χ0) is 23.8. The van der Waals surface area contributed by atoms with Crippen molar-refractivity contribution in [1.29, 1.82) is 0 Å². The molecule has 2 N–H and O–H groups in total. The summed E-state index contributed by atoms with van der Waals surface area (Å²) in [5.41, 5.74) is 4.90. The Morgan fingerprint density at radius 2 is 1.97 bits per heavy atom. The maximum atomic E-state index is 13.4. The number of hydrogen-bond donors (Lipinski definition) is 1. The number of hydrazine groups is 1. The number of imidazole rings is 1. The minimum Gasteiger partial charge on any atom is -0.295 e. The van der Waals surface area contributed by atoms with Crippen LogP contribution < -0.4 is 5.84 Å². The van der Waals surface area contributed by atoms with Crippen LogP contribution in [0, 0.1) is 18.2 Å². The number of aromatic nitrogens is 5. The quantitative estimate of drug-likeness (QED) is 0.186. The topological polar surface area (TPSA) is 93.8 Å². The van der Waals surface area contributed by atoms with Crippen LogP contribution in [0.15, 0.2) is 67.3 Å². The van der Waals surface area contributed by atoms with Crippen molar-refractivity contribution in [1.82, 2.24) is 29.0 Å². The Hall–Kier alpha value is -4.19. The number of aryl methyl sites for hydroxylation is 1. The number of hydrogen-bond acceptors (Lipinski definition) is 5. The summed E-state index contributed by atoms with van der Waals surface area (Å²) in [7, 11) is 0. The van der Waals surface area contributed by atoms with Gasteiger partial charge in [-0.25, -0.2) is 20.3 Å². The lowest BCUT2D eigenvalue weighted by atomic mass is 9.97. The van der Waals surface area contributed by atoms with Gasteiger partial charge in [-0.3, -0.25) is 14.2 Å². The van der Waals surface area contributed by atoms with Crippen LogP contribution >= 0.6 is 11.6 Å². The van der Waals surface area contributed by atoms with E-state index in [4.69, 9.17) is 17.4 Å². The highest BCUT2D eigenvalue weighted by Gasteiger charge is 2.27. The van der Waals surface area contributed by atoms with E-state index < -0.39 is 11.9 Å². The van der Waals surface area contributed by atoms with Crippen LogP contribution in [0.25, 0.3) is 22.4 Å². The van der Waals surface area contributed by atoms with E-state index in [-0.39, 0.29) is 0 Å². The monoisotopic (exact) mass is 469 g/mol. The van der Waals surface area contributed by atoms with Crippen molar-refractivity contribution in [2.75, 3.05) is 0 Å². The van der Waals surface area contributed by atoms with Gasteiger partial charge in [0.15, 0.2) is 5.65 Å². The number of rotatable bonds is 4. The summed E-state index contributed by atoms with van der Waals surface area (Å²) >= 11 is 5.77. The molecule has 0 radical (unpaired) electrons. The van der Waals surface area contributed by atoms with Gasteiger partial charge in [0.1, 0.15) is 11.4 Å². The number of nitrogens with zero attached hydrogens (tertiary/aromatic N) is 6. The minimum atomic E-state index is -0.525. The molecule has 9 heteroatoms. The molecule has 0 fully saturated rings. The number of amides is 1. The molecule has 5 aromatic rings. The van der Waals surface area contributed by atoms with E-state index in [1.807, 2.05) is 54.6 Å². The SMILES string of the molecule is Cc1ncc2c(C#CCl)cc(C(C)N(N)C(=O)c3cnn4cccnc34)c(-c3ccccc3)n12. The molecule has 4 heterocycles.